The molecule has 3 aliphatic heterocycles. The highest BCUT2D eigenvalue weighted by Gasteiger charge is 2.42. The summed E-state index contributed by atoms with van der Waals surface area (Å²) < 4.78 is 13.8. The Kier molecular flexibility index (Phi) is 5.11. The third kappa shape index (κ3) is 3.63. The second-order valence-corrected chi connectivity index (χ2v) is 7.00. The smallest absolute Gasteiger partial charge is 0.322 e. The zero-order chi connectivity index (χ0) is 18.8. The molecule has 1 N–H and O–H groups in total. The first-order valence-electron chi connectivity index (χ1n) is 8.68. The van der Waals surface area contributed by atoms with Gasteiger partial charge in [-0.05, 0) is 25.0 Å². The molecule has 7 nitrogen and oxygen atoms in total. The summed E-state index contributed by atoms with van der Waals surface area (Å²) in [4.78, 5) is 41.9. The lowest BCUT2D eigenvalue weighted by Crippen LogP contribution is -2.51. The molecule has 3 heterocycles. The van der Waals surface area contributed by atoms with E-state index in [1.807, 2.05) is 0 Å². The lowest BCUT2D eigenvalue weighted by atomic mass is 9.94. The van der Waals surface area contributed by atoms with Crippen molar-refractivity contribution in [3.05, 3.63) is 30.1 Å². The molecule has 1 aromatic rings. The van der Waals surface area contributed by atoms with Gasteiger partial charge >= 0.3 is 6.03 Å². The summed E-state index contributed by atoms with van der Waals surface area (Å²) in [5, 5.41) is 2.57. The highest BCUT2D eigenvalue weighted by atomic mass is 19.1. The standard InChI is InChI=1S/C18H23FN4O3/c1-21(2)16(24)11-23-13-8-7-12(17(23)25)9-22(10-13)18(26)20-15-6-4-3-5-14(15)19/h3-6,12-13H,7-11H2,1-2H3,(H,20,26)/t12-,13+/m1/s1. The van der Waals surface area contributed by atoms with Gasteiger partial charge in [-0.15, -0.1) is 0 Å². The zero-order valence-electron chi connectivity index (χ0n) is 14.9. The van der Waals surface area contributed by atoms with Crippen LogP contribution in [-0.4, -0.2) is 72.3 Å². The number of piperidine rings is 1. The van der Waals surface area contributed by atoms with Crippen LogP contribution in [0.5, 0.6) is 0 Å². The maximum atomic E-state index is 13.8. The van der Waals surface area contributed by atoms with Crippen LogP contribution in [0, 0.1) is 11.7 Å². The van der Waals surface area contributed by atoms with Crippen LogP contribution in [0.15, 0.2) is 24.3 Å². The molecular formula is C18H23FN4O3. The number of nitrogens with zero attached hydrogens (tertiary/aromatic N) is 3. The first-order valence-corrected chi connectivity index (χ1v) is 8.68. The first-order chi connectivity index (χ1) is 12.4. The van der Waals surface area contributed by atoms with Gasteiger partial charge in [0.2, 0.25) is 11.8 Å². The van der Waals surface area contributed by atoms with E-state index in [4.69, 9.17) is 0 Å². The molecule has 3 saturated heterocycles. The van der Waals surface area contributed by atoms with Crippen LogP contribution in [0.3, 0.4) is 0 Å². The number of carbonyl (C=O) groups is 3. The molecule has 3 aliphatic rings. The monoisotopic (exact) mass is 362 g/mol. The largest absolute Gasteiger partial charge is 0.347 e. The van der Waals surface area contributed by atoms with Gasteiger partial charge < -0.3 is 20.0 Å². The molecule has 2 bridgehead atoms. The van der Waals surface area contributed by atoms with E-state index in [-0.39, 0.29) is 42.6 Å². The molecule has 3 fully saturated rings. The molecule has 0 unspecified atom stereocenters. The second kappa shape index (κ2) is 7.31. The van der Waals surface area contributed by atoms with Gasteiger partial charge in [-0.1, -0.05) is 12.1 Å². The third-order valence-corrected chi connectivity index (χ3v) is 5.00. The van der Waals surface area contributed by atoms with Gasteiger partial charge in [0.1, 0.15) is 12.4 Å². The van der Waals surface area contributed by atoms with Crippen molar-refractivity contribution < 1.29 is 18.8 Å². The van der Waals surface area contributed by atoms with Gasteiger partial charge in [0.05, 0.1) is 11.6 Å². The summed E-state index contributed by atoms with van der Waals surface area (Å²) in [6.07, 6.45) is 1.44. The maximum Gasteiger partial charge on any atom is 0.322 e. The lowest BCUT2D eigenvalue weighted by Gasteiger charge is -2.35. The van der Waals surface area contributed by atoms with E-state index < -0.39 is 11.8 Å². The molecule has 0 saturated carbocycles. The van der Waals surface area contributed by atoms with E-state index in [2.05, 4.69) is 5.32 Å². The molecule has 4 rings (SSSR count). The van der Waals surface area contributed by atoms with Gasteiger partial charge in [-0.25, -0.2) is 9.18 Å². The Bertz CT molecular complexity index is 724. The van der Waals surface area contributed by atoms with Crippen molar-refractivity contribution >= 4 is 23.5 Å². The van der Waals surface area contributed by atoms with E-state index in [9.17, 15) is 18.8 Å². The topological polar surface area (TPSA) is 73.0 Å². The van der Waals surface area contributed by atoms with Crippen LogP contribution in [0.2, 0.25) is 0 Å². The average molecular weight is 362 g/mol. The molecule has 26 heavy (non-hydrogen) atoms. The van der Waals surface area contributed by atoms with E-state index >= 15 is 0 Å². The van der Waals surface area contributed by atoms with E-state index in [0.29, 0.717) is 13.0 Å². The number of rotatable bonds is 3. The number of nitrogens with one attached hydrogen (secondary N) is 1. The van der Waals surface area contributed by atoms with Gasteiger partial charge in [-0.3, -0.25) is 9.59 Å². The normalized spacial score (nSPS) is 22.2. The molecule has 0 aromatic heterocycles. The number of anilines is 1. The Morgan fingerprint density at radius 3 is 2.65 bits per heavy atom. The summed E-state index contributed by atoms with van der Waals surface area (Å²) in [5.41, 5.74) is 0.111. The van der Waals surface area contributed by atoms with Crippen LogP contribution < -0.4 is 5.32 Å². The molecule has 2 atom stereocenters. The van der Waals surface area contributed by atoms with Gasteiger partial charge in [0.15, 0.2) is 0 Å². The number of para-hydroxylation sites is 1. The number of carbonyl (C=O) groups excluding carboxylic acids is 3. The number of fused-ring (bicyclic) bond motifs is 4. The van der Waals surface area contributed by atoms with Crippen molar-refractivity contribution in [1.29, 1.82) is 0 Å². The number of amides is 4. The predicted molar refractivity (Wildman–Crippen MR) is 93.9 cm³/mol. The van der Waals surface area contributed by atoms with Crippen molar-refractivity contribution in [1.82, 2.24) is 14.7 Å². The Morgan fingerprint density at radius 1 is 1.23 bits per heavy atom. The van der Waals surface area contributed by atoms with Gasteiger partial charge in [0.25, 0.3) is 0 Å². The molecule has 0 aliphatic carbocycles. The number of hydrogen-bond acceptors (Lipinski definition) is 3. The van der Waals surface area contributed by atoms with Crippen molar-refractivity contribution in [2.24, 2.45) is 5.92 Å². The quantitative estimate of drug-likeness (QED) is 0.883. The van der Waals surface area contributed by atoms with Crippen molar-refractivity contribution in [3.63, 3.8) is 0 Å². The summed E-state index contributed by atoms with van der Waals surface area (Å²) in [6, 6.07) is 5.34. The zero-order valence-corrected chi connectivity index (χ0v) is 14.9. The van der Waals surface area contributed by atoms with E-state index in [1.54, 1.807) is 36.0 Å². The molecule has 140 valence electrons. The minimum Gasteiger partial charge on any atom is -0.347 e. The number of urea groups is 1. The summed E-state index contributed by atoms with van der Waals surface area (Å²) >= 11 is 0. The Morgan fingerprint density at radius 2 is 1.96 bits per heavy atom. The Balaban J connectivity index is 1.72. The highest BCUT2D eigenvalue weighted by molar-refractivity contribution is 5.91. The number of hydrogen-bond donors (Lipinski definition) is 1. The molecular weight excluding hydrogens is 339 g/mol. The summed E-state index contributed by atoms with van der Waals surface area (Å²) in [5.74, 6) is -1.06. The average Bonchev–Trinajstić information content (AvgIpc) is 2.89. The van der Waals surface area contributed by atoms with Crippen molar-refractivity contribution in [2.75, 3.05) is 39.0 Å². The fourth-order valence-electron chi connectivity index (χ4n) is 3.46. The van der Waals surface area contributed by atoms with Crippen molar-refractivity contribution in [2.45, 2.75) is 18.9 Å². The fraction of sp³-hybridized carbons (Fsp3) is 0.500. The molecule has 1 aromatic carbocycles. The Hall–Kier alpha value is -2.64. The lowest BCUT2D eigenvalue weighted by molar-refractivity contribution is -0.145. The number of halogens is 1. The maximum absolute atomic E-state index is 13.8. The predicted octanol–water partition coefficient (Wildman–Crippen LogP) is 1.37. The van der Waals surface area contributed by atoms with Crippen LogP contribution >= 0.6 is 0 Å². The summed E-state index contributed by atoms with van der Waals surface area (Å²) in [6.45, 7) is 0.640. The highest BCUT2D eigenvalue weighted by Crippen LogP contribution is 2.29. The van der Waals surface area contributed by atoms with Crippen LogP contribution in [-0.2, 0) is 9.59 Å². The van der Waals surface area contributed by atoms with E-state index in [0.717, 1.165) is 6.42 Å². The summed E-state index contributed by atoms with van der Waals surface area (Å²) in [7, 11) is 3.30. The van der Waals surface area contributed by atoms with Crippen LogP contribution in [0.25, 0.3) is 0 Å². The van der Waals surface area contributed by atoms with Crippen molar-refractivity contribution in [3.8, 4) is 0 Å². The molecule has 0 spiro atoms. The fourth-order valence-corrected chi connectivity index (χ4v) is 3.46. The SMILES string of the molecule is CN(C)C(=O)CN1C(=O)[C@@H]2CC[C@H]1CN(C(=O)Nc1ccccc1F)C2. The van der Waals surface area contributed by atoms with Crippen LogP contribution in [0.4, 0.5) is 14.9 Å². The number of likely N-dealkylation sites (N-methyl/N-ethyl adjacent to an activating group) is 1. The molecule has 8 heteroatoms. The molecule has 4 amide bonds. The third-order valence-electron chi connectivity index (χ3n) is 5.00. The minimum absolute atomic E-state index is 0.0236. The first kappa shape index (κ1) is 18.2. The Labute approximate surface area is 151 Å². The minimum atomic E-state index is -0.507. The van der Waals surface area contributed by atoms with Gasteiger partial charge in [0, 0.05) is 33.2 Å². The number of benzene rings is 1. The van der Waals surface area contributed by atoms with E-state index in [1.165, 1.54) is 17.0 Å². The molecule has 0 radical (unpaired) electrons. The van der Waals surface area contributed by atoms with Gasteiger partial charge in [-0.2, -0.15) is 0 Å². The second-order valence-electron chi connectivity index (χ2n) is 7.00. The van der Waals surface area contributed by atoms with Crippen LogP contribution in [0.1, 0.15) is 12.8 Å².